The van der Waals surface area contributed by atoms with Gasteiger partial charge in [-0.2, -0.15) is 10.1 Å². The molecule has 1 aromatic heterocycles. The van der Waals surface area contributed by atoms with E-state index in [9.17, 15) is 4.79 Å². The summed E-state index contributed by atoms with van der Waals surface area (Å²) in [5, 5.41) is 4.47. The van der Waals surface area contributed by atoms with Crippen LogP contribution in [0.2, 0.25) is 0 Å². The highest BCUT2D eigenvalue weighted by molar-refractivity contribution is 5.92. The van der Waals surface area contributed by atoms with Gasteiger partial charge in [0.25, 0.3) is 0 Å². The van der Waals surface area contributed by atoms with Gasteiger partial charge in [-0.3, -0.25) is 9.69 Å². The fourth-order valence-corrected chi connectivity index (χ4v) is 3.97. The second-order valence-corrected chi connectivity index (χ2v) is 6.94. The highest BCUT2D eigenvalue weighted by Crippen LogP contribution is 2.44. The van der Waals surface area contributed by atoms with Gasteiger partial charge >= 0.3 is 0 Å². The molecule has 1 aliphatic heterocycles. The lowest BCUT2D eigenvalue weighted by molar-refractivity contribution is -0.119. The quantitative estimate of drug-likeness (QED) is 0.671. The average Bonchev–Trinajstić information content (AvgIpc) is 3.23. The van der Waals surface area contributed by atoms with Crippen LogP contribution >= 0.6 is 0 Å². The van der Waals surface area contributed by atoms with Gasteiger partial charge in [0.2, 0.25) is 11.9 Å². The van der Waals surface area contributed by atoms with E-state index in [0.717, 1.165) is 23.3 Å². The number of amides is 1. The van der Waals surface area contributed by atoms with E-state index in [0.29, 0.717) is 18.8 Å². The second-order valence-electron chi connectivity index (χ2n) is 6.94. The van der Waals surface area contributed by atoms with Crippen LogP contribution < -0.4 is 9.64 Å². The molecule has 2 atom stereocenters. The standard InChI is InChI=1S/C22H24N4O2/c1-3-9-21(27)25-18(16-10-5-4-6-11-16)14-19(26-22(25)23-15-24-26)17-12-7-8-13-20(17)28-2/h4-8,10-13,15,18-19H,3,9,14H2,1-2H3. The zero-order chi connectivity index (χ0) is 19.5. The van der Waals surface area contributed by atoms with E-state index in [2.05, 4.69) is 28.3 Å². The number of ether oxygens (including phenoxy) is 1. The number of benzene rings is 2. The van der Waals surface area contributed by atoms with Crippen molar-refractivity contribution in [1.29, 1.82) is 0 Å². The molecule has 0 saturated carbocycles. The number of hydrogen-bond donors (Lipinski definition) is 0. The Labute approximate surface area is 164 Å². The number of anilines is 1. The lowest BCUT2D eigenvalue weighted by atomic mass is 9.91. The number of hydrogen-bond acceptors (Lipinski definition) is 4. The van der Waals surface area contributed by atoms with Gasteiger partial charge in [0.05, 0.1) is 19.2 Å². The Morgan fingerprint density at radius 3 is 2.61 bits per heavy atom. The number of nitrogens with zero attached hydrogens (tertiary/aromatic N) is 4. The molecule has 0 N–H and O–H groups in total. The summed E-state index contributed by atoms with van der Waals surface area (Å²) in [4.78, 5) is 19.3. The Morgan fingerprint density at radius 2 is 1.86 bits per heavy atom. The van der Waals surface area contributed by atoms with E-state index in [1.54, 1.807) is 7.11 Å². The van der Waals surface area contributed by atoms with Crippen LogP contribution in [0.25, 0.3) is 0 Å². The molecular formula is C22H24N4O2. The summed E-state index contributed by atoms with van der Waals surface area (Å²) in [6, 6.07) is 18.0. The fraction of sp³-hybridized carbons (Fsp3) is 0.318. The third-order valence-corrected chi connectivity index (χ3v) is 5.24. The molecule has 0 fully saturated rings. The molecule has 0 radical (unpaired) electrons. The lowest BCUT2D eigenvalue weighted by Gasteiger charge is -2.39. The van der Waals surface area contributed by atoms with Crippen molar-refractivity contribution in [2.75, 3.05) is 12.0 Å². The van der Waals surface area contributed by atoms with Crippen molar-refractivity contribution < 1.29 is 9.53 Å². The van der Waals surface area contributed by atoms with Crippen molar-refractivity contribution in [3.63, 3.8) is 0 Å². The third-order valence-electron chi connectivity index (χ3n) is 5.24. The normalized spacial score (nSPS) is 18.6. The maximum Gasteiger partial charge on any atom is 0.231 e. The van der Waals surface area contributed by atoms with Crippen LogP contribution in [0.1, 0.15) is 49.4 Å². The summed E-state index contributed by atoms with van der Waals surface area (Å²) >= 11 is 0. The Balaban J connectivity index is 1.85. The van der Waals surface area contributed by atoms with E-state index < -0.39 is 0 Å². The first-order chi connectivity index (χ1) is 13.7. The molecule has 2 heterocycles. The lowest BCUT2D eigenvalue weighted by Crippen LogP contribution is -2.42. The van der Waals surface area contributed by atoms with E-state index >= 15 is 0 Å². The molecule has 0 aliphatic carbocycles. The molecular weight excluding hydrogens is 352 g/mol. The van der Waals surface area contributed by atoms with Crippen LogP contribution in [0.5, 0.6) is 5.75 Å². The molecule has 0 bridgehead atoms. The fourth-order valence-electron chi connectivity index (χ4n) is 3.97. The van der Waals surface area contributed by atoms with Crippen molar-refractivity contribution in [2.24, 2.45) is 0 Å². The highest BCUT2D eigenvalue weighted by atomic mass is 16.5. The van der Waals surface area contributed by atoms with Crippen LogP contribution in [-0.2, 0) is 4.79 Å². The maximum absolute atomic E-state index is 13.0. The number of carbonyl (C=O) groups is 1. The van der Waals surface area contributed by atoms with E-state index in [1.165, 1.54) is 6.33 Å². The van der Waals surface area contributed by atoms with Gasteiger partial charge in [-0.05, 0) is 24.5 Å². The number of rotatable bonds is 5. The molecule has 6 nitrogen and oxygen atoms in total. The molecule has 2 aromatic carbocycles. The predicted octanol–water partition coefficient (Wildman–Crippen LogP) is 4.15. The van der Waals surface area contributed by atoms with Crippen molar-refractivity contribution in [2.45, 2.75) is 38.3 Å². The smallest absolute Gasteiger partial charge is 0.231 e. The molecule has 28 heavy (non-hydrogen) atoms. The minimum absolute atomic E-state index is 0.0652. The summed E-state index contributed by atoms with van der Waals surface area (Å²) in [7, 11) is 1.68. The summed E-state index contributed by atoms with van der Waals surface area (Å²) < 4.78 is 7.45. The van der Waals surface area contributed by atoms with Gasteiger partial charge in [0.1, 0.15) is 12.1 Å². The van der Waals surface area contributed by atoms with Crippen LogP contribution in [-0.4, -0.2) is 27.8 Å². The number of methoxy groups -OCH3 is 1. The largest absolute Gasteiger partial charge is 0.496 e. The van der Waals surface area contributed by atoms with Gasteiger partial charge < -0.3 is 4.74 Å². The Hall–Kier alpha value is -3.15. The molecule has 1 aliphatic rings. The maximum atomic E-state index is 13.0. The first-order valence-electron chi connectivity index (χ1n) is 9.64. The van der Waals surface area contributed by atoms with E-state index in [-0.39, 0.29) is 18.0 Å². The van der Waals surface area contributed by atoms with Gasteiger partial charge in [0, 0.05) is 12.0 Å². The minimum Gasteiger partial charge on any atom is -0.496 e. The number of carbonyl (C=O) groups excluding carboxylic acids is 1. The molecule has 3 aromatic rings. The van der Waals surface area contributed by atoms with Crippen molar-refractivity contribution in [3.8, 4) is 5.75 Å². The van der Waals surface area contributed by atoms with Gasteiger partial charge in [-0.15, -0.1) is 0 Å². The average molecular weight is 376 g/mol. The van der Waals surface area contributed by atoms with Gasteiger partial charge in [0.15, 0.2) is 0 Å². The van der Waals surface area contributed by atoms with Gasteiger partial charge in [-0.1, -0.05) is 55.5 Å². The van der Waals surface area contributed by atoms with Crippen LogP contribution in [0, 0.1) is 0 Å². The molecule has 144 valence electrons. The summed E-state index contributed by atoms with van der Waals surface area (Å²) in [6.07, 6.45) is 3.50. The molecule has 4 rings (SSSR count). The zero-order valence-corrected chi connectivity index (χ0v) is 16.2. The summed E-state index contributed by atoms with van der Waals surface area (Å²) in [5.74, 6) is 1.48. The molecule has 6 heteroatoms. The molecule has 0 spiro atoms. The Kier molecular flexibility index (Phi) is 5.10. The first-order valence-corrected chi connectivity index (χ1v) is 9.64. The topological polar surface area (TPSA) is 60.2 Å². The molecule has 2 unspecified atom stereocenters. The van der Waals surface area contributed by atoms with Crippen LogP contribution in [0.15, 0.2) is 60.9 Å². The summed E-state index contributed by atoms with van der Waals surface area (Å²) in [5.41, 5.74) is 2.14. The number of aromatic nitrogens is 3. The Morgan fingerprint density at radius 1 is 1.11 bits per heavy atom. The third kappa shape index (κ3) is 3.15. The first kappa shape index (κ1) is 18.2. The number of fused-ring (bicyclic) bond motifs is 1. The number of para-hydroxylation sites is 1. The van der Waals surface area contributed by atoms with Crippen LogP contribution in [0.4, 0.5) is 5.95 Å². The van der Waals surface area contributed by atoms with E-state index in [1.807, 2.05) is 52.9 Å². The highest BCUT2D eigenvalue weighted by Gasteiger charge is 2.39. The zero-order valence-electron chi connectivity index (χ0n) is 16.2. The minimum atomic E-state index is -0.105. The molecule has 0 saturated heterocycles. The van der Waals surface area contributed by atoms with Crippen molar-refractivity contribution in [3.05, 3.63) is 72.1 Å². The van der Waals surface area contributed by atoms with E-state index in [4.69, 9.17) is 4.74 Å². The Bertz CT molecular complexity index is 954. The van der Waals surface area contributed by atoms with Crippen molar-refractivity contribution >= 4 is 11.9 Å². The van der Waals surface area contributed by atoms with Crippen LogP contribution in [0.3, 0.4) is 0 Å². The monoisotopic (exact) mass is 376 g/mol. The predicted molar refractivity (Wildman–Crippen MR) is 107 cm³/mol. The van der Waals surface area contributed by atoms with Gasteiger partial charge in [-0.25, -0.2) is 4.68 Å². The SMILES string of the molecule is CCCC(=O)N1c2ncnn2C(c2ccccc2OC)CC1c1ccccc1. The van der Waals surface area contributed by atoms with Crippen molar-refractivity contribution in [1.82, 2.24) is 14.8 Å². The summed E-state index contributed by atoms with van der Waals surface area (Å²) in [6.45, 7) is 2.02. The second kappa shape index (κ2) is 7.84. The molecule has 1 amide bonds.